The fourth-order valence-corrected chi connectivity index (χ4v) is 6.07. The Balaban J connectivity index is 1.15. The smallest absolute Gasteiger partial charge is 0.254 e. The molecule has 0 spiro atoms. The zero-order valence-corrected chi connectivity index (χ0v) is 24.3. The van der Waals surface area contributed by atoms with Gasteiger partial charge in [0.15, 0.2) is 5.16 Å². The molecule has 2 aromatic carbocycles. The Morgan fingerprint density at radius 3 is 2.35 bits per heavy atom. The Morgan fingerprint density at radius 1 is 0.950 bits per heavy atom. The molecule has 2 aliphatic heterocycles. The lowest BCUT2D eigenvalue weighted by Crippen LogP contribution is -2.54. The first-order valence-corrected chi connectivity index (χ1v) is 14.8. The van der Waals surface area contributed by atoms with Gasteiger partial charge >= 0.3 is 0 Å². The number of amides is 2. The Labute approximate surface area is 247 Å². The molecule has 8 nitrogen and oxygen atoms in total. The van der Waals surface area contributed by atoms with Crippen LogP contribution in [0, 0.1) is 5.82 Å². The van der Waals surface area contributed by atoms with Crippen molar-refractivity contribution in [3.05, 3.63) is 76.2 Å². The van der Waals surface area contributed by atoms with Crippen LogP contribution in [0.3, 0.4) is 0 Å². The van der Waals surface area contributed by atoms with E-state index in [0.29, 0.717) is 78.2 Å². The Hall–Kier alpha value is -3.08. The second kappa shape index (κ2) is 12.6. The molecule has 210 valence electrons. The molecular weight excluding hydrogens is 574 g/mol. The molecule has 0 aliphatic carbocycles. The van der Waals surface area contributed by atoms with Gasteiger partial charge in [-0.05, 0) is 43.3 Å². The van der Waals surface area contributed by atoms with E-state index in [1.807, 2.05) is 22.8 Å². The van der Waals surface area contributed by atoms with E-state index < -0.39 is 0 Å². The van der Waals surface area contributed by atoms with Crippen LogP contribution in [0.5, 0.6) is 0 Å². The number of aromatic nitrogens is 2. The predicted molar refractivity (Wildman–Crippen MR) is 157 cm³/mol. The summed E-state index contributed by atoms with van der Waals surface area (Å²) in [4.78, 5) is 42.6. The van der Waals surface area contributed by atoms with Crippen LogP contribution in [0.1, 0.15) is 17.3 Å². The average molecular weight is 604 g/mol. The second-order valence-electron chi connectivity index (χ2n) is 9.74. The van der Waals surface area contributed by atoms with Crippen LogP contribution in [-0.2, 0) is 4.79 Å². The monoisotopic (exact) mass is 602 g/mol. The van der Waals surface area contributed by atoms with Crippen LogP contribution >= 0.6 is 35.0 Å². The highest BCUT2D eigenvalue weighted by molar-refractivity contribution is 7.99. The third kappa shape index (κ3) is 6.62. The molecule has 12 heteroatoms. The zero-order chi connectivity index (χ0) is 28.2. The minimum Gasteiger partial charge on any atom is -0.366 e. The highest BCUT2D eigenvalue weighted by Gasteiger charge is 2.29. The lowest BCUT2D eigenvalue weighted by atomic mass is 10.1. The van der Waals surface area contributed by atoms with Crippen LogP contribution in [0.4, 0.5) is 15.9 Å². The van der Waals surface area contributed by atoms with E-state index in [-0.39, 0.29) is 29.4 Å². The summed E-state index contributed by atoms with van der Waals surface area (Å²) in [5.41, 5.74) is 1.17. The number of piperazine rings is 2. The van der Waals surface area contributed by atoms with Gasteiger partial charge in [0.1, 0.15) is 16.8 Å². The van der Waals surface area contributed by atoms with Crippen LogP contribution in [0.15, 0.2) is 59.8 Å². The van der Waals surface area contributed by atoms with Crippen LogP contribution < -0.4 is 9.80 Å². The van der Waals surface area contributed by atoms with E-state index in [4.69, 9.17) is 23.2 Å². The van der Waals surface area contributed by atoms with Gasteiger partial charge in [-0.15, -0.1) is 0 Å². The van der Waals surface area contributed by atoms with Gasteiger partial charge in [-0.1, -0.05) is 47.1 Å². The molecule has 1 aromatic heterocycles. The normalized spacial score (nSPS) is 17.8. The van der Waals surface area contributed by atoms with E-state index in [1.165, 1.54) is 17.8 Å². The summed E-state index contributed by atoms with van der Waals surface area (Å²) in [5, 5.41) is 1.31. The van der Waals surface area contributed by atoms with Crippen molar-refractivity contribution in [2.24, 2.45) is 0 Å². The maximum atomic E-state index is 14.1. The summed E-state index contributed by atoms with van der Waals surface area (Å²) in [6.45, 7) is 5.89. The van der Waals surface area contributed by atoms with E-state index >= 15 is 0 Å². The van der Waals surface area contributed by atoms with Crippen molar-refractivity contribution >= 4 is 58.3 Å². The second-order valence-corrected chi connectivity index (χ2v) is 11.5. The lowest BCUT2D eigenvalue weighted by Gasteiger charge is -2.40. The van der Waals surface area contributed by atoms with Crippen LogP contribution in [0.2, 0.25) is 10.2 Å². The number of thioether (sulfide) groups is 1. The summed E-state index contributed by atoms with van der Waals surface area (Å²) in [7, 11) is 0. The highest BCUT2D eigenvalue weighted by atomic mass is 35.5. The Bertz CT molecular complexity index is 1370. The number of hydrogen-bond acceptors (Lipinski definition) is 7. The number of halogens is 3. The first-order chi connectivity index (χ1) is 19.3. The summed E-state index contributed by atoms with van der Waals surface area (Å²) < 4.78 is 14.1. The van der Waals surface area contributed by atoms with Crippen molar-refractivity contribution in [3.8, 4) is 0 Å². The minimum atomic E-state index is -0.254. The predicted octanol–water partition coefficient (Wildman–Crippen LogP) is 4.71. The number of benzene rings is 2. The van der Waals surface area contributed by atoms with E-state index in [2.05, 4.69) is 14.9 Å². The first kappa shape index (κ1) is 28.4. The van der Waals surface area contributed by atoms with Gasteiger partial charge in [-0.25, -0.2) is 14.4 Å². The molecule has 3 aromatic rings. The van der Waals surface area contributed by atoms with Gasteiger partial charge in [-0.2, -0.15) is 0 Å². The van der Waals surface area contributed by atoms with Gasteiger partial charge in [0, 0.05) is 68.5 Å². The number of nitrogens with zero attached hydrogens (tertiary/aromatic N) is 6. The SMILES string of the molecule is CC1CN(c2cc(Cl)nc(SCC(=O)N3CCN(c4ccccc4F)CC3)n2)CCN1C(=O)c1ccc(Cl)cc1. The third-order valence-corrected chi connectivity index (χ3v) is 8.39. The molecule has 2 amide bonds. The average Bonchev–Trinajstić information content (AvgIpc) is 2.96. The van der Waals surface area contributed by atoms with Crippen LogP contribution in [0.25, 0.3) is 0 Å². The van der Waals surface area contributed by atoms with E-state index in [1.54, 1.807) is 47.4 Å². The van der Waals surface area contributed by atoms with Crippen LogP contribution in [-0.4, -0.2) is 89.2 Å². The minimum absolute atomic E-state index is 0.0220. The molecular formula is C28H29Cl2FN6O2S. The number of carbonyl (C=O) groups excluding carboxylic acids is 2. The number of carbonyl (C=O) groups is 2. The van der Waals surface area contributed by atoms with Gasteiger partial charge in [0.2, 0.25) is 5.91 Å². The van der Waals surface area contributed by atoms with Crippen molar-refractivity contribution in [2.45, 2.75) is 18.1 Å². The topological polar surface area (TPSA) is 72.9 Å². The molecule has 1 atom stereocenters. The van der Waals surface area contributed by atoms with Crippen molar-refractivity contribution in [1.82, 2.24) is 19.8 Å². The molecule has 1 unspecified atom stereocenters. The van der Waals surface area contributed by atoms with Gasteiger partial charge in [-0.3, -0.25) is 9.59 Å². The number of hydrogen-bond donors (Lipinski definition) is 0. The third-order valence-electron chi connectivity index (χ3n) is 7.11. The van der Waals surface area contributed by atoms with Crippen molar-refractivity contribution in [1.29, 1.82) is 0 Å². The maximum absolute atomic E-state index is 14.1. The molecule has 2 saturated heterocycles. The quantitative estimate of drug-likeness (QED) is 0.230. The molecule has 2 aliphatic rings. The largest absolute Gasteiger partial charge is 0.366 e. The number of anilines is 2. The number of rotatable bonds is 6. The highest BCUT2D eigenvalue weighted by Crippen LogP contribution is 2.26. The first-order valence-electron chi connectivity index (χ1n) is 13.0. The molecule has 2 fully saturated rings. The van der Waals surface area contributed by atoms with Crippen molar-refractivity contribution in [3.63, 3.8) is 0 Å². The summed E-state index contributed by atoms with van der Waals surface area (Å²) in [6.07, 6.45) is 0. The fourth-order valence-electron chi connectivity index (χ4n) is 4.96. The molecule has 0 N–H and O–H groups in total. The molecule has 40 heavy (non-hydrogen) atoms. The Morgan fingerprint density at radius 2 is 1.65 bits per heavy atom. The summed E-state index contributed by atoms with van der Waals surface area (Å²) >= 11 is 13.5. The molecule has 0 saturated carbocycles. The van der Waals surface area contributed by atoms with Crippen molar-refractivity contribution in [2.75, 3.05) is 61.4 Å². The summed E-state index contributed by atoms with van der Waals surface area (Å²) in [5.74, 6) is 0.536. The number of para-hydroxylation sites is 1. The van der Waals surface area contributed by atoms with Gasteiger partial charge in [0.05, 0.1) is 11.4 Å². The molecule has 5 rings (SSSR count). The zero-order valence-electron chi connectivity index (χ0n) is 22.0. The lowest BCUT2D eigenvalue weighted by molar-refractivity contribution is -0.128. The van der Waals surface area contributed by atoms with Gasteiger partial charge < -0.3 is 19.6 Å². The fraction of sp³-hybridized carbons (Fsp3) is 0.357. The van der Waals surface area contributed by atoms with E-state index in [0.717, 1.165) is 0 Å². The van der Waals surface area contributed by atoms with Gasteiger partial charge in [0.25, 0.3) is 5.91 Å². The molecule has 3 heterocycles. The van der Waals surface area contributed by atoms with Crippen molar-refractivity contribution < 1.29 is 14.0 Å². The molecule has 0 radical (unpaired) electrons. The van der Waals surface area contributed by atoms with E-state index in [9.17, 15) is 14.0 Å². The Kier molecular flexibility index (Phi) is 8.97. The summed E-state index contributed by atoms with van der Waals surface area (Å²) in [6, 6.07) is 15.3. The maximum Gasteiger partial charge on any atom is 0.254 e. The standard InChI is InChI=1S/C28H29Cl2FN6O2S/c1-19-17-36(14-15-37(19)27(39)20-6-8-21(29)9-7-20)25-16-24(30)32-28(33-25)40-18-26(38)35-12-10-34(11-13-35)23-5-3-2-4-22(23)31/h2-9,16,19H,10-15,17-18H2,1H3. The molecule has 0 bridgehead atoms.